The highest BCUT2D eigenvalue weighted by Crippen LogP contribution is 2.07. The molecule has 0 radical (unpaired) electrons. The van der Waals surface area contributed by atoms with E-state index in [0.717, 1.165) is 32.2 Å². The van der Waals surface area contributed by atoms with Crippen molar-refractivity contribution in [2.75, 3.05) is 26.2 Å². The Morgan fingerprint density at radius 1 is 1.60 bits per heavy atom. The number of likely N-dealkylation sites (N-methyl/N-ethyl adjacent to an activating group) is 1. The van der Waals surface area contributed by atoms with Crippen molar-refractivity contribution >= 4 is 0 Å². The van der Waals surface area contributed by atoms with Gasteiger partial charge in [-0.15, -0.1) is 0 Å². The molecular formula is C11H20N4. The van der Waals surface area contributed by atoms with E-state index in [4.69, 9.17) is 0 Å². The Morgan fingerprint density at radius 3 is 3.13 bits per heavy atom. The maximum absolute atomic E-state index is 4.06. The molecule has 4 heteroatoms. The topological polar surface area (TPSA) is 33.1 Å². The second-order valence-electron chi connectivity index (χ2n) is 4.08. The van der Waals surface area contributed by atoms with Crippen LogP contribution in [0, 0.1) is 0 Å². The van der Waals surface area contributed by atoms with Crippen LogP contribution in [0.2, 0.25) is 0 Å². The van der Waals surface area contributed by atoms with Crippen molar-refractivity contribution in [3.8, 4) is 0 Å². The molecule has 0 amide bonds. The van der Waals surface area contributed by atoms with Gasteiger partial charge in [-0.3, -0.25) is 4.90 Å². The molecule has 0 spiro atoms. The molecule has 2 rings (SSSR count). The lowest BCUT2D eigenvalue weighted by Gasteiger charge is -2.26. The van der Waals surface area contributed by atoms with Gasteiger partial charge in [-0.05, 0) is 19.5 Å². The molecule has 1 unspecified atom stereocenters. The number of hydrogen-bond donors (Lipinski definition) is 1. The van der Waals surface area contributed by atoms with E-state index < -0.39 is 0 Å². The smallest absolute Gasteiger partial charge is 0.0946 e. The van der Waals surface area contributed by atoms with Crippen LogP contribution >= 0.6 is 0 Å². The maximum Gasteiger partial charge on any atom is 0.0946 e. The minimum Gasteiger partial charge on any atom is -0.336 e. The van der Waals surface area contributed by atoms with Gasteiger partial charge in [-0.25, -0.2) is 4.98 Å². The fraction of sp³-hybridized carbons (Fsp3) is 0.727. The largest absolute Gasteiger partial charge is 0.336 e. The summed E-state index contributed by atoms with van der Waals surface area (Å²) in [5.74, 6) is 0. The van der Waals surface area contributed by atoms with Gasteiger partial charge in [0.1, 0.15) is 0 Å². The summed E-state index contributed by atoms with van der Waals surface area (Å²) >= 11 is 0. The molecule has 1 aromatic rings. The van der Waals surface area contributed by atoms with E-state index >= 15 is 0 Å². The highest BCUT2D eigenvalue weighted by atomic mass is 15.2. The summed E-state index contributed by atoms with van der Waals surface area (Å²) in [6.07, 6.45) is 7.05. The maximum atomic E-state index is 4.06. The zero-order valence-corrected chi connectivity index (χ0v) is 9.39. The molecule has 0 saturated carbocycles. The third-order valence-corrected chi connectivity index (χ3v) is 3.16. The quantitative estimate of drug-likeness (QED) is 0.768. The molecule has 1 aromatic heterocycles. The molecule has 1 atom stereocenters. The van der Waals surface area contributed by atoms with Gasteiger partial charge in [-0.1, -0.05) is 6.92 Å². The van der Waals surface area contributed by atoms with E-state index in [-0.39, 0.29) is 0 Å². The van der Waals surface area contributed by atoms with Crippen molar-refractivity contribution in [2.45, 2.75) is 25.9 Å². The second-order valence-corrected chi connectivity index (χ2v) is 4.08. The molecule has 2 heterocycles. The van der Waals surface area contributed by atoms with Gasteiger partial charge in [0, 0.05) is 38.1 Å². The normalized spacial score (nSPS) is 21.3. The van der Waals surface area contributed by atoms with Crippen molar-refractivity contribution in [1.29, 1.82) is 0 Å². The Kier molecular flexibility index (Phi) is 3.75. The minimum atomic E-state index is 0.735. The first kappa shape index (κ1) is 10.6. The van der Waals surface area contributed by atoms with Gasteiger partial charge in [0.2, 0.25) is 0 Å². The molecule has 1 aliphatic heterocycles. The molecule has 1 fully saturated rings. The van der Waals surface area contributed by atoms with Crippen LogP contribution in [0.5, 0.6) is 0 Å². The summed E-state index contributed by atoms with van der Waals surface area (Å²) < 4.78 is 2.14. The van der Waals surface area contributed by atoms with Gasteiger partial charge in [0.15, 0.2) is 0 Å². The third-order valence-electron chi connectivity index (χ3n) is 3.16. The summed E-state index contributed by atoms with van der Waals surface area (Å²) in [6, 6.07) is 0.735. The Bertz CT molecular complexity index is 264. The number of nitrogens with zero attached hydrogens (tertiary/aromatic N) is 3. The highest BCUT2D eigenvalue weighted by Gasteiger charge is 2.20. The zero-order valence-electron chi connectivity index (χ0n) is 9.39. The first-order valence-corrected chi connectivity index (χ1v) is 5.80. The Labute approximate surface area is 91.3 Å². The minimum absolute atomic E-state index is 0.735. The standard InChI is InChI=1S/C11H20N4/c1-2-15(11-3-4-12-9-11)8-7-14-6-5-13-10-14/h5-6,10-12H,2-4,7-9H2,1H3. The summed E-state index contributed by atoms with van der Waals surface area (Å²) in [7, 11) is 0. The Hall–Kier alpha value is -0.870. The van der Waals surface area contributed by atoms with Gasteiger partial charge in [0.25, 0.3) is 0 Å². The Balaban J connectivity index is 1.80. The Morgan fingerprint density at radius 2 is 2.53 bits per heavy atom. The lowest BCUT2D eigenvalue weighted by molar-refractivity contribution is 0.211. The fourth-order valence-corrected chi connectivity index (χ4v) is 2.21. The number of imidazole rings is 1. The van der Waals surface area contributed by atoms with E-state index in [0.29, 0.717) is 0 Å². The highest BCUT2D eigenvalue weighted by molar-refractivity contribution is 4.81. The number of aromatic nitrogens is 2. The van der Waals surface area contributed by atoms with Crippen LogP contribution in [-0.4, -0.2) is 46.7 Å². The molecule has 0 aromatic carbocycles. The predicted octanol–water partition coefficient (Wildman–Crippen LogP) is 0.567. The third kappa shape index (κ3) is 2.79. The van der Waals surface area contributed by atoms with Crippen molar-refractivity contribution < 1.29 is 0 Å². The summed E-state index contributed by atoms with van der Waals surface area (Å²) in [5.41, 5.74) is 0. The van der Waals surface area contributed by atoms with Crippen LogP contribution in [0.3, 0.4) is 0 Å². The van der Waals surface area contributed by atoms with Crippen LogP contribution in [0.1, 0.15) is 13.3 Å². The first-order valence-electron chi connectivity index (χ1n) is 5.80. The average molecular weight is 208 g/mol. The average Bonchev–Trinajstić information content (AvgIpc) is 2.90. The van der Waals surface area contributed by atoms with Gasteiger partial charge >= 0.3 is 0 Å². The monoisotopic (exact) mass is 208 g/mol. The zero-order chi connectivity index (χ0) is 10.5. The lowest BCUT2D eigenvalue weighted by Crippen LogP contribution is -2.38. The van der Waals surface area contributed by atoms with Gasteiger partial charge < -0.3 is 9.88 Å². The number of nitrogens with one attached hydrogen (secondary N) is 1. The van der Waals surface area contributed by atoms with E-state index in [1.165, 1.54) is 13.0 Å². The van der Waals surface area contributed by atoms with E-state index in [1.54, 1.807) is 0 Å². The first-order chi connectivity index (χ1) is 7.40. The van der Waals surface area contributed by atoms with Gasteiger partial charge in [0.05, 0.1) is 6.33 Å². The molecule has 15 heavy (non-hydrogen) atoms. The van der Waals surface area contributed by atoms with Crippen LogP contribution < -0.4 is 5.32 Å². The summed E-state index contributed by atoms with van der Waals surface area (Å²) in [6.45, 7) is 7.88. The molecule has 1 aliphatic rings. The summed E-state index contributed by atoms with van der Waals surface area (Å²) in [4.78, 5) is 6.61. The SMILES string of the molecule is CCN(CCn1ccnc1)C1CCNC1. The van der Waals surface area contributed by atoms with E-state index in [2.05, 4.69) is 26.7 Å². The van der Waals surface area contributed by atoms with Crippen LogP contribution in [0.4, 0.5) is 0 Å². The van der Waals surface area contributed by atoms with Crippen molar-refractivity contribution in [3.63, 3.8) is 0 Å². The van der Waals surface area contributed by atoms with Crippen LogP contribution in [-0.2, 0) is 6.54 Å². The van der Waals surface area contributed by atoms with Crippen molar-refractivity contribution in [1.82, 2.24) is 19.8 Å². The molecule has 1 saturated heterocycles. The predicted molar refractivity (Wildman–Crippen MR) is 60.7 cm³/mol. The van der Waals surface area contributed by atoms with Crippen LogP contribution in [0.25, 0.3) is 0 Å². The van der Waals surface area contributed by atoms with Crippen molar-refractivity contribution in [2.24, 2.45) is 0 Å². The lowest BCUT2D eigenvalue weighted by atomic mass is 10.2. The van der Waals surface area contributed by atoms with E-state index in [1.807, 2.05) is 18.7 Å². The number of rotatable bonds is 5. The molecule has 0 bridgehead atoms. The number of hydrogen-bond acceptors (Lipinski definition) is 3. The van der Waals surface area contributed by atoms with Crippen molar-refractivity contribution in [3.05, 3.63) is 18.7 Å². The molecular weight excluding hydrogens is 188 g/mol. The fourth-order valence-electron chi connectivity index (χ4n) is 2.21. The molecule has 0 aliphatic carbocycles. The van der Waals surface area contributed by atoms with Crippen LogP contribution in [0.15, 0.2) is 18.7 Å². The van der Waals surface area contributed by atoms with Gasteiger partial charge in [-0.2, -0.15) is 0 Å². The summed E-state index contributed by atoms with van der Waals surface area (Å²) in [5, 5.41) is 3.42. The molecule has 84 valence electrons. The second kappa shape index (κ2) is 5.28. The molecule has 1 N–H and O–H groups in total. The molecule has 4 nitrogen and oxygen atoms in total. The van der Waals surface area contributed by atoms with E-state index in [9.17, 15) is 0 Å².